The summed E-state index contributed by atoms with van der Waals surface area (Å²) in [6.07, 6.45) is 4.39. The number of ether oxygens (including phenoxy) is 1. The number of benzene rings is 1. The Labute approximate surface area is 125 Å². The molecule has 0 saturated carbocycles. The van der Waals surface area contributed by atoms with E-state index < -0.39 is 0 Å². The largest absolute Gasteiger partial charge is 0.493 e. The van der Waals surface area contributed by atoms with Gasteiger partial charge in [0.15, 0.2) is 0 Å². The molecule has 1 fully saturated rings. The van der Waals surface area contributed by atoms with E-state index in [9.17, 15) is 9.59 Å². The average Bonchev–Trinajstić information content (AvgIpc) is 2.94. The van der Waals surface area contributed by atoms with Gasteiger partial charge in [-0.05, 0) is 49.9 Å². The zero-order valence-corrected chi connectivity index (χ0v) is 12.4. The summed E-state index contributed by atoms with van der Waals surface area (Å²) in [5, 5.41) is 0. The summed E-state index contributed by atoms with van der Waals surface area (Å²) < 4.78 is 5.48. The minimum atomic E-state index is 0.0515. The Morgan fingerprint density at radius 3 is 3.00 bits per heavy atom. The number of Topliss-reactive ketones (excluding diaryl/α,β-unsaturated/α-hetero) is 1. The summed E-state index contributed by atoms with van der Waals surface area (Å²) in [5.74, 6) is 1.10. The second-order valence-electron chi connectivity index (χ2n) is 5.98. The number of carbonyl (C=O) groups is 2. The van der Waals surface area contributed by atoms with Crippen molar-refractivity contribution in [2.24, 2.45) is 0 Å². The van der Waals surface area contributed by atoms with E-state index in [2.05, 4.69) is 0 Å². The fourth-order valence-electron chi connectivity index (χ4n) is 3.30. The van der Waals surface area contributed by atoms with Crippen molar-refractivity contribution in [3.8, 4) is 5.75 Å². The maximum atomic E-state index is 12.8. The van der Waals surface area contributed by atoms with Crippen molar-refractivity contribution in [1.29, 1.82) is 0 Å². The van der Waals surface area contributed by atoms with E-state index in [1.54, 1.807) is 6.92 Å². The first-order valence-electron chi connectivity index (χ1n) is 7.71. The molecule has 112 valence electrons. The third kappa shape index (κ3) is 2.94. The summed E-state index contributed by atoms with van der Waals surface area (Å²) in [7, 11) is 0. The van der Waals surface area contributed by atoms with E-state index in [1.165, 1.54) is 0 Å². The molecule has 1 saturated heterocycles. The van der Waals surface area contributed by atoms with Crippen LogP contribution in [0.1, 0.15) is 48.5 Å². The lowest BCUT2D eigenvalue weighted by molar-refractivity contribution is -0.118. The predicted molar refractivity (Wildman–Crippen MR) is 79.6 cm³/mol. The van der Waals surface area contributed by atoms with Gasteiger partial charge in [-0.15, -0.1) is 0 Å². The molecular formula is C17H21NO3. The molecule has 0 spiro atoms. The predicted octanol–water partition coefficient (Wildman–Crippen LogP) is 2.60. The fourth-order valence-corrected chi connectivity index (χ4v) is 3.30. The lowest BCUT2D eigenvalue weighted by atomic mass is 9.96. The Hall–Kier alpha value is -1.84. The molecular weight excluding hydrogens is 266 g/mol. The molecule has 3 rings (SSSR count). The van der Waals surface area contributed by atoms with Crippen LogP contribution in [0.25, 0.3) is 0 Å². The standard InChI is InChI=1S/C17H21NO3/c1-12(19)10-15-4-2-3-8-18(15)17(20)14-5-6-16-13(11-14)7-9-21-16/h5-6,11,15H,2-4,7-10H2,1H3. The molecule has 4 nitrogen and oxygen atoms in total. The van der Waals surface area contributed by atoms with Crippen LogP contribution >= 0.6 is 0 Å². The van der Waals surface area contributed by atoms with E-state index in [1.807, 2.05) is 23.1 Å². The van der Waals surface area contributed by atoms with Crippen LogP contribution < -0.4 is 4.74 Å². The van der Waals surface area contributed by atoms with Crippen LogP contribution in [0.4, 0.5) is 0 Å². The lowest BCUT2D eigenvalue weighted by Crippen LogP contribution is -2.44. The SMILES string of the molecule is CC(=O)CC1CCCCN1C(=O)c1ccc2c(c1)CCO2. The molecule has 1 amide bonds. The van der Waals surface area contributed by atoms with Gasteiger partial charge in [0.1, 0.15) is 11.5 Å². The first kappa shape index (κ1) is 14.1. The molecule has 2 aliphatic heterocycles. The number of carbonyl (C=O) groups excluding carboxylic acids is 2. The zero-order chi connectivity index (χ0) is 14.8. The van der Waals surface area contributed by atoms with E-state index in [0.717, 1.165) is 49.1 Å². The van der Waals surface area contributed by atoms with Gasteiger partial charge in [0.05, 0.1) is 6.61 Å². The van der Waals surface area contributed by atoms with Crippen LogP contribution in [-0.4, -0.2) is 35.8 Å². The number of fused-ring (bicyclic) bond motifs is 1. The van der Waals surface area contributed by atoms with Gasteiger partial charge in [-0.25, -0.2) is 0 Å². The van der Waals surface area contributed by atoms with Gasteiger partial charge in [-0.3, -0.25) is 9.59 Å². The molecule has 2 aliphatic rings. The van der Waals surface area contributed by atoms with Gasteiger partial charge >= 0.3 is 0 Å². The van der Waals surface area contributed by atoms with Gasteiger partial charge < -0.3 is 9.64 Å². The maximum absolute atomic E-state index is 12.8. The van der Waals surface area contributed by atoms with Crippen molar-refractivity contribution in [2.45, 2.75) is 45.1 Å². The molecule has 0 aromatic heterocycles. The third-order valence-corrected chi connectivity index (χ3v) is 4.35. The molecule has 1 aromatic carbocycles. The number of piperidine rings is 1. The second kappa shape index (κ2) is 5.88. The van der Waals surface area contributed by atoms with Gasteiger partial charge in [0, 0.05) is 31.0 Å². The molecule has 21 heavy (non-hydrogen) atoms. The first-order valence-corrected chi connectivity index (χ1v) is 7.71. The van der Waals surface area contributed by atoms with Gasteiger partial charge in [-0.2, -0.15) is 0 Å². The van der Waals surface area contributed by atoms with Crippen LogP contribution in [0.2, 0.25) is 0 Å². The quantitative estimate of drug-likeness (QED) is 0.858. The Morgan fingerprint density at radius 1 is 1.33 bits per heavy atom. The number of ketones is 1. The number of hydrogen-bond acceptors (Lipinski definition) is 3. The van der Waals surface area contributed by atoms with Crippen LogP contribution in [-0.2, 0) is 11.2 Å². The molecule has 0 N–H and O–H groups in total. The molecule has 2 heterocycles. The van der Waals surface area contributed by atoms with E-state index in [-0.39, 0.29) is 17.7 Å². The normalized spacial score (nSPS) is 20.8. The molecule has 4 heteroatoms. The smallest absolute Gasteiger partial charge is 0.254 e. The second-order valence-corrected chi connectivity index (χ2v) is 5.98. The highest BCUT2D eigenvalue weighted by atomic mass is 16.5. The number of hydrogen-bond donors (Lipinski definition) is 0. The minimum Gasteiger partial charge on any atom is -0.493 e. The summed E-state index contributed by atoms with van der Waals surface area (Å²) in [5.41, 5.74) is 1.83. The highest BCUT2D eigenvalue weighted by molar-refractivity contribution is 5.95. The molecule has 0 aliphatic carbocycles. The highest BCUT2D eigenvalue weighted by Gasteiger charge is 2.28. The lowest BCUT2D eigenvalue weighted by Gasteiger charge is -2.35. The van der Waals surface area contributed by atoms with E-state index >= 15 is 0 Å². The Morgan fingerprint density at radius 2 is 2.19 bits per heavy atom. The monoisotopic (exact) mass is 287 g/mol. The highest BCUT2D eigenvalue weighted by Crippen LogP contribution is 2.28. The van der Waals surface area contributed by atoms with Crippen molar-refractivity contribution >= 4 is 11.7 Å². The number of amides is 1. The molecule has 1 atom stereocenters. The van der Waals surface area contributed by atoms with Crippen molar-refractivity contribution in [2.75, 3.05) is 13.2 Å². The molecule has 0 radical (unpaired) electrons. The van der Waals surface area contributed by atoms with Crippen LogP contribution in [0.3, 0.4) is 0 Å². The Bertz CT molecular complexity index is 567. The van der Waals surface area contributed by atoms with Crippen LogP contribution in [0, 0.1) is 0 Å². The number of likely N-dealkylation sites (tertiary alicyclic amines) is 1. The zero-order valence-electron chi connectivity index (χ0n) is 12.4. The molecule has 1 unspecified atom stereocenters. The summed E-state index contributed by atoms with van der Waals surface area (Å²) in [4.78, 5) is 26.1. The van der Waals surface area contributed by atoms with Crippen molar-refractivity contribution in [3.63, 3.8) is 0 Å². The summed E-state index contributed by atoms with van der Waals surface area (Å²) >= 11 is 0. The minimum absolute atomic E-state index is 0.0515. The Balaban J connectivity index is 1.80. The van der Waals surface area contributed by atoms with Gasteiger partial charge in [-0.1, -0.05) is 0 Å². The van der Waals surface area contributed by atoms with Crippen LogP contribution in [0.5, 0.6) is 5.75 Å². The number of rotatable bonds is 3. The van der Waals surface area contributed by atoms with Crippen LogP contribution in [0.15, 0.2) is 18.2 Å². The van der Waals surface area contributed by atoms with Crippen molar-refractivity contribution < 1.29 is 14.3 Å². The Kier molecular flexibility index (Phi) is 3.95. The fraction of sp³-hybridized carbons (Fsp3) is 0.529. The topological polar surface area (TPSA) is 46.6 Å². The van der Waals surface area contributed by atoms with E-state index in [0.29, 0.717) is 13.0 Å². The van der Waals surface area contributed by atoms with Crippen molar-refractivity contribution in [3.05, 3.63) is 29.3 Å². The maximum Gasteiger partial charge on any atom is 0.254 e. The molecule has 1 aromatic rings. The average molecular weight is 287 g/mol. The number of nitrogens with zero attached hydrogens (tertiary/aromatic N) is 1. The summed E-state index contributed by atoms with van der Waals surface area (Å²) in [6, 6.07) is 5.74. The first-order chi connectivity index (χ1) is 10.1. The summed E-state index contributed by atoms with van der Waals surface area (Å²) in [6.45, 7) is 3.05. The third-order valence-electron chi connectivity index (χ3n) is 4.35. The van der Waals surface area contributed by atoms with Gasteiger partial charge in [0.2, 0.25) is 0 Å². The van der Waals surface area contributed by atoms with Gasteiger partial charge in [0.25, 0.3) is 5.91 Å². The molecule has 0 bridgehead atoms. The van der Waals surface area contributed by atoms with E-state index in [4.69, 9.17) is 4.74 Å². The van der Waals surface area contributed by atoms with Crippen molar-refractivity contribution in [1.82, 2.24) is 4.90 Å².